The number of amides is 1. The van der Waals surface area contributed by atoms with E-state index in [4.69, 9.17) is 14.7 Å². The molecule has 2 aliphatic rings. The highest BCUT2D eigenvalue weighted by molar-refractivity contribution is 7.90. The van der Waals surface area contributed by atoms with Crippen molar-refractivity contribution in [2.45, 2.75) is 43.2 Å². The number of benzene rings is 1. The fourth-order valence-electron chi connectivity index (χ4n) is 5.57. The molecule has 2 saturated heterocycles. The first-order chi connectivity index (χ1) is 19.2. The summed E-state index contributed by atoms with van der Waals surface area (Å²) >= 11 is 0. The van der Waals surface area contributed by atoms with Gasteiger partial charge in [-0.05, 0) is 74.2 Å². The van der Waals surface area contributed by atoms with E-state index in [-0.39, 0.29) is 28.5 Å². The molecular formula is C30H31N5O4S. The summed E-state index contributed by atoms with van der Waals surface area (Å²) in [5, 5.41) is 3.71. The number of sulfone groups is 1. The molecule has 4 aromatic rings. The van der Waals surface area contributed by atoms with Crippen molar-refractivity contribution in [1.29, 1.82) is 0 Å². The van der Waals surface area contributed by atoms with Crippen molar-refractivity contribution >= 4 is 32.5 Å². The quantitative estimate of drug-likeness (QED) is 0.377. The number of pyridine rings is 3. The van der Waals surface area contributed by atoms with Gasteiger partial charge in [0.2, 0.25) is 0 Å². The molecule has 3 aromatic heterocycles. The average Bonchev–Trinajstić information content (AvgIpc) is 3.60. The number of aromatic nitrogens is 3. The molecule has 0 aliphatic carbocycles. The third kappa shape index (κ3) is 5.29. The van der Waals surface area contributed by atoms with Gasteiger partial charge in [-0.3, -0.25) is 9.78 Å². The Kier molecular flexibility index (Phi) is 6.75. The second kappa shape index (κ2) is 10.3. The minimum absolute atomic E-state index is 0.0207. The number of aryl methyl sites for hydroxylation is 1. The fraction of sp³-hybridized carbons (Fsp3) is 0.333. The lowest BCUT2D eigenvalue weighted by molar-refractivity contribution is 0.0231. The van der Waals surface area contributed by atoms with Crippen LogP contribution in [0.3, 0.4) is 0 Å². The first-order valence-electron chi connectivity index (χ1n) is 13.4. The van der Waals surface area contributed by atoms with Gasteiger partial charge in [0.05, 0.1) is 39.6 Å². The number of nitrogens with one attached hydrogen (secondary N) is 1. The zero-order valence-electron chi connectivity index (χ0n) is 22.6. The van der Waals surface area contributed by atoms with Crippen LogP contribution in [0.4, 0.5) is 5.82 Å². The van der Waals surface area contributed by atoms with Crippen molar-refractivity contribution in [2.24, 2.45) is 0 Å². The molecule has 0 saturated carbocycles. The Morgan fingerprint density at radius 2 is 1.93 bits per heavy atom. The van der Waals surface area contributed by atoms with Crippen LogP contribution in [0.15, 0.2) is 65.7 Å². The Morgan fingerprint density at radius 3 is 2.73 bits per heavy atom. The molecule has 0 unspecified atom stereocenters. The number of carbonyl (C=O) groups excluding carboxylic acids is 1. The van der Waals surface area contributed by atoms with Crippen LogP contribution in [0, 0.1) is 6.92 Å². The van der Waals surface area contributed by atoms with E-state index >= 15 is 0 Å². The van der Waals surface area contributed by atoms with Crippen LogP contribution in [-0.4, -0.2) is 60.8 Å². The van der Waals surface area contributed by atoms with Crippen molar-refractivity contribution in [3.8, 4) is 11.4 Å². The third-order valence-corrected chi connectivity index (χ3v) is 8.97. The number of fused-ring (bicyclic) bond motifs is 1. The standard InChI is InChI=1S/C30H31N5O4S/c1-20-7-8-21(15-27(20)40(2,37)38)29(36)32-18-23-16-26-22(17-31-23)9-10-25(33-26)24-5-3-6-28(34-24)35-13-12-30(19-35)11-4-14-39-30/h3,5-10,15-17H,4,11-14,18-19H2,1-2H3,(H,32,36)/t30-/m1/s1. The molecule has 2 aliphatic heterocycles. The molecule has 5 heterocycles. The monoisotopic (exact) mass is 557 g/mol. The lowest BCUT2D eigenvalue weighted by Crippen LogP contribution is -2.32. The Bertz CT molecular complexity index is 1720. The van der Waals surface area contributed by atoms with Crippen molar-refractivity contribution in [2.75, 3.05) is 30.9 Å². The Hall–Kier alpha value is -3.89. The number of rotatable bonds is 6. The van der Waals surface area contributed by atoms with Crippen LogP contribution >= 0.6 is 0 Å². The second-order valence-electron chi connectivity index (χ2n) is 10.7. The van der Waals surface area contributed by atoms with Crippen LogP contribution in [0.25, 0.3) is 22.3 Å². The molecule has 2 fully saturated rings. The predicted molar refractivity (Wildman–Crippen MR) is 153 cm³/mol. The van der Waals surface area contributed by atoms with Crippen molar-refractivity contribution in [1.82, 2.24) is 20.3 Å². The summed E-state index contributed by atoms with van der Waals surface area (Å²) in [6.07, 6.45) is 6.13. The molecule has 0 bridgehead atoms. The molecular weight excluding hydrogens is 526 g/mol. The van der Waals surface area contributed by atoms with E-state index in [1.165, 1.54) is 6.07 Å². The summed E-state index contributed by atoms with van der Waals surface area (Å²) in [6, 6.07) is 16.4. The van der Waals surface area contributed by atoms with E-state index in [1.807, 2.05) is 36.4 Å². The highest BCUT2D eigenvalue weighted by atomic mass is 32.2. The highest BCUT2D eigenvalue weighted by Gasteiger charge is 2.42. The van der Waals surface area contributed by atoms with Crippen molar-refractivity contribution in [3.63, 3.8) is 0 Å². The van der Waals surface area contributed by atoms with E-state index in [1.54, 1.807) is 25.3 Å². The van der Waals surface area contributed by atoms with Gasteiger partial charge in [-0.1, -0.05) is 12.1 Å². The molecule has 0 radical (unpaired) electrons. The van der Waals surface area contributed by atoms with Crippen molar-refractivity contribution < 1.29 is 17.9 Å². The lowest BCUT2D eigenvalue weighted by atomic mass is 10.00. The average molecular weight is 558 g/mol. The summed E-state index contributed by atoms with van der Waals surface area (Å²) in [5.41, 5.74) is 3.80. The van der Waals surface area contributed by atoms with Crippen molar-refractivity contribution in [3.05, 3.63) is 77.6 Å². The van der Waals surface area contributed by atoms with E-state index < -0.39 is 9.84 Å². The minimum Gasteiger partial charge on any atom is -0.373 e. The van der Waals surface area contributed by atoms with Crippen LogP contribution in [-0.2, 0) is 21.1 Å². The molecule has 1 N–H and O–H groups in total. The molecule has 10 heteroatoms. The Labute approximate surface area is 233 Å². The number of hydrogen-bond acceptors (Lipinski definition) is 8. The molecule has 9 nitrogen and oxygen atoms in total. The first-order valence-corrected chi connectivity index (χ1v) is 15.3. The first kappa shape index (κ1) is 26.3. The normalized spacial score (nSPS) is 19.0. The molecule has 1 atom stereocenters. The van der Waals surface area contributed by atoms with E-state index in [0.717, 1.165) is 73.3 Å². The summed E-state index contributed by atoms with van der Waals surface area (Å²) in [5.74, 6) is 0.557. The second-order valence-corrected chi connectivity index (χ2v) is 12.7. The van der Waals surface area contributed by atoms with Gasteiger partial charge in [0.15, 0.2) is 9.84 Å². The van der Waals surface area contributed by atoms with Crippen LogP contribution in [0.1, 0.15) is 40.9 Å². The molecule has 1 amide bonds. The maximum atomic E-state index is 12.8. The number of anilines is 1. The number of hydrogen-bond donors (Lipinski definition) is 1. The molecule has 6 rings (SSSR count). The SMILES string of the molecule is Cc1ccc(C(=O)NCc2cc3nc(-c4cccc(N5CC[C@]6(CCCO6)C5)n4)ccc3cn2)cc1S(C)(=O)=O. The Morgan fingerprint density at radius 1 is 1.07 bits per heavy atom. The number of carbonyl (C=O) groups is 1. The van der Waals surface area contributed by atoms with Gasteiger partial charge >= 0.3 is 0 Å². The summed E-state index contributed by atoms with van der Waals surface area (Å²) < 4.78 is 30.2. The van der Waals surface area contributed by atoms with Gasteiger partial charge in [0, 0.05) is 43.1 Å². The summed E-state index contributed by atoms with van der Waals surface area (Å²) in [7, 11) is -3.43. The van der Waals surface area contributed by atoms with Crippen LogP contribution < -0.4 is 10.2 Å². The van der Waals surface area contributed by atoms with E-state index in [0.29, 0.717) is 11.3 Å². The molecule has 1 aromatic carbocycles. The van der Waals surface area contributed by atoms with Gasteiger partial charge < -0.3 is 15.0 Å². The van der Waals surface area contributed by atoms with Gasteiger partial charge in [-0.15, -0.1) is 0 Å². The molecule has 40 heavy (non-hydrogen) atoms. The zero-order chi connectivity index (χ0) is 27.9. The minimum atomic E-state index is -3.43. The van der Waals surface area contributed by atoms with E-state index in [2.05, 4.69) is 15.2 Å². The fourth-order valence-corrected chi connectivity index (χ4v) is 6.56. The van der Waals surface area contributed by atoms with Crippen LogP contribution in [0.2, 0.25) is 0 Å². The summed E-state index contributed by atoms with van der Waals surface area (Å²) in [6.45, 7) is 4.53. The smallest absolute Gasteiger partial charge is 0.251 e. The Balaban J connectivity index is 1.19. The molecule has 1 spiro atoms. The van der Waals surface area contributed by atoms with E-state index in [9.17, 15) is 13.2 Å². The van der Waals surface area contributed by atoms with Gasteiger partial charge in [-0.2, -0.15) is 0 Å². The van der Waals surface area contributed by atoms with Crippen LogP contribution in [0.5, 0.6) is 0 Å². The number of ether oxygens (including phenoxy) is 1. The zero-order valence-corrected chi connectivity index (χ0v) is 23.4. The molecule has 206 valence electrons. The maximum absolute atomic E-state index is 12.8. The van der Waals surface area contributed by atoms with Gasteiger partial charge in [0.25, 0.3) is 5.91 Å². The summed E-state index contributed by atoms with van der Waals surface area (Å²) in [4.78, 5) is 29.5. The highest BCUT2D eigenvalue weighted by Crippen LogP contribution is 2.36. The van der Waals surface area contributed by atoms with Gasteiger partial charge in [0.1, 0.15) is 5.82 Å². The lowest BCUT2D eigenvalue weighted by Gasteiger charge is -2.23. The predicted octanol–water partition coefficient (Wildman–Crippen LogP) is 4.09. The number of nitrogens with zero attached hydrogens (tertiary/aromatic N) is 4. The van der Waals surface area contributed by atoms with Gasteiger partial charge in [-0.25, -0.2) is 18.4 Å². The largest absolute Gasteiger partial charge is 0.373 e. The maximum Gasteiger partial charge on any atom is 0.251 e. The third-order valence-electron chi connectivity index (χ3n) is 7.73. The topological polar surface area (TPSA) is 114 Å².